The number of pyridine rings is 1. The van der Waals surface area contributed by atoms with Crippen molar-refractivity contribution in [2.45, 2.75) is 6.54 Å². The molecule has 2 aromatic heterocycles. The molecule has 0 aliphatic carbocycles. The molecule has 24 heavy (non-hydrogen) atoms. The van der Waals surface area contributed by atoms with Gasteiger partial charge in [0, 0.05) is 17.2 Å². The Morgan fingerprint density at radius 3 is 2.46 bits per heavy atom. The van der Waals surface area contributed by atoms with Crippen LogP contribution in [-0.2, 0) is 13.6 Å². The van der Waals surface area contributed by atoms with Crippen LogP contribution in [0.4, 0.5) is 17.2 Å². The average molecular weight is 363 g/mol. The molecule has 0 radical (unpaired) electrons. The van der Waals surface area contributed by atoms with Gasteiger partial charge < -0.3 is 18.1 Å². The van der Waals surface area contributed by atoms with Gasteiger partial charge in [-0.2, -0.15) is 10.2 Å². The third kappa shape index (κ3) is 4.31. The molecule has 0 fully saturated rings. The van der Waals surface area contributed by atoms with Crippen LogP contribution in [0.3, 0.4) is 0 Å². The van der Waals surface area contributed by atoms with E-state index in [1.54, 1.807) is 35.1 Å². The molecule has 0 unspecified atom stereocenters. The van der Waals surface area contributed by atoms with E-state index in [9.17, 15) is 0 Å². The third-order valence-corrected chi connectivity index (χ3v) is 3.59. The zero-order chi connectivity index (χ0) is 16.2. The summed E-state index contributed by atoms with van der Waals surface area (Å²) in [4.78, 5) is 0. The van der Waals surface area contributed by atoms with Crippen molar-refractivity contribution in [2.24, 2.45) is 17.3 Å². The predicted molar refractivity (Wildman–Crippen MR) is 89.0 cm³/mol. The first-order valence-corrected chi connectivity index (χ1v) is 7.42. The fraction of sp³-hybridized carbons (Fsp3) is 0.125. The van der Waals surface area contributed by atoms with E-state index in [0.717, 1.165) is 5.56 Å². The molecule has 0 bridgehead atoms. The summed E-state index contributed by atoms with van der Waals surface area (Å²) >= 11 is 5.84. The summed E-state index contributed by atoms with van der Waals surface area (Å²) in [6.07, 6.45) is 5.57. The van der Waals surface area contributed by atoms with Crippen molar-refractivity contribution in [2.75, 3.05) is 5.73 Å². The first kappa shape index (κ1) is 17.9. The van der Waals surface area contributed by atoms with Gasteiger partial charge in [0.2, 0.25) is 0 Å². The normalized spacial score (nSPS) is 10.8. The Kier molecular flexibility index (Phi) is 5.89. The number of hydrogen-bond donors (Lipinski definition) is 1. The maximum absolute atomic E-state index is 6.09. The van der Waals surface area contributed by atoms with E-state index in [-0.39, 0.29) is 12.4 Å². The van der Waals surface area contributed by atoms with Crippen LogP contribution in [0.1, 0.15) is 5.56 Å². The summed E-state index contributed by atoms with van der Waals surface area (Å²) in [5.74, 6) is 0.482. The molecule has 0 spiro atoms. The van der Waals surface area contributed by atoms with E-state index in [1.165, 1.54) is 0 Å². The fourth-order valence-corrected chi connectivity index (χ4v) is 2.14. The molecule has 124 valence electrons. The number of hydrogen-bond acceptors (Lipinski definition) is 4. The Balaban J connectivity index is 0.00000208. The van der Waals surface area contributed by atoms with Crippen LogP contribution < -0.4 is 22.7 Å². The molecule has 1 aromatic carbocycles. The van der Waals surface area contributed by atoms with Crippen molar-refractivity contribution >= 4 is 28.8 Å². The van der Waals surface area contributed by atoms with Crippen molar-refractivity contribution in [1.82, 2.24) is 9.78 Å². The van der Waals surface area contributed by atoms with E-state index in [4.69, 9.17) is 17.3 Å². The number of nitrogens with two attached hydrogens (primary N) is 1. The smallest absolute Gasteiger partial charge is 0.168 e. The molecule has 2 heterocycles. The number of aromatic nitrogens is 3. The van der Waals surface area contributed by atoms with Gasteiger partial charge in [0.05, 0.1) is 18.4 Å². The number of anilines is 1. The van der Waals surface area contributed by atoms with E-state index in [2.05, 4.69) is 15.3 Å². The zero-order valence-corrected chi connectivity index (χ0v) is 14.5. The minimum Gasteiger partial charge on any atom is -1.00 e. The highest BCUT2D eigenvalue weighted by molar-refractivity contribution is 6.30. The number of aryl methyl sites for hydroxylation is 1. The molecule has 0 saturated heterocycles. The number of nitrogen functional groups attached to an aromatic ring is 1. The van der Waals surface area contributed by atoms with Crippen LogP contribution in [0.2, 0.25) is 5.02 Å². The van der Waals surface area contributed by atoms with Crippen LogP contribution in [-0.4, -0.2) is 9.78 Å². The summed E-state index contributed by atoms with van der Waals surface area (Å²) in [7, 11) is 1.97. The van der Waals surface area contributed by atoms with E-state index in [0.29, 0.717) is 28.8 Å². The molecule has 0 aliphatic heterocycles. The minimum atomic E-state index is 0. The number of rotatable bonds is 4. The lowest BCUT2D eigenvalue weighted by Gasteiger charge is -2.03. The van der Waals surface area contributed by atoms with Crippen LogP contribution in [0.15, 0.2) is 65.2 Å². The van der Waals surface area contributed by atoms with Crippen LogP contribution in [0, 0.1) is 0 Å². The van der Waals surface area contributed by atoms with Gasteiger partial charge in [0.1, 0.15) is 18.6 Å². The summed E-state index contributed by atoms with van der Waals surface area (Å²) < 4.78 is 3.67. The molecule has 3 rings (SSSR count). The second kappa shape index (κ2) is 7.90. The molecule has 0 aliphatic rings. The van der Waals surface area contributed by atoms with E-state index in [1.807, 2.05) is 36.1 Å². The van der Waals surface area contributed by atoms with Gasteiger partial charge in [0.25, 0.3) is 0 Å². The van der Waals surface area contributed by atoms with Gasteiger partial charge in [-0.25, -0.2) is 9.25 Å². The number of azo groups is 1. The largest absolute Gasteiger partial charge is 1.00 e. The Morgan fingerprint density at radius 2 is 1.79 bits per heavy atom. The summed E-state index contributed by atoms with van der Waals surface area (Å²) in [6.45, 7) is 0.586. The summed E-state index contributed by atoms with van der Waals surface area (Å²) in [6, 6.07) is 11.1. The van der Waals surface area contributed by atoms with Gasteiger partial charge in [-0.05, 0) is 29.8 Å². The highest BCUT2D eigenvalue weighted by Crippen LogP contribution is 2.25. The number of benzene rings is 1. The fourth-order valence-electron chi connectivity index (χ4n) is 2.02. The van der Waals surface area contributed by atoms with Crippen LogP contribution >= 0.6 is 11.6 Å². The van der Waals surface area contributed by atoms with Crippen molar-refractivity contribution in [3.05, 3.63) is 65.6 Å². The van der Waals surface area contributed by atoms with Gasteiger partial charge in [-0.3, -0.25) is 0 Å². The molecule has 8 heteroatoms. The second-order valence-corrected chi connectivity index (χ2v) is 5.56. The van der Waals surface area contributed by atoms with Gasteiger partial charge in [0.15, 0.2) is 12.4 Å². The van der Waals surface area contributed by atoms with E-state index >= 15 is 0 Å². The third-order valence-electron chi connectivity index (χ3n) is 3.34. The first-order chi connectivity index (χ1) is 11.1. The van der Waals surface area contributed by atoms with Gasteiger partial charge in [-0.1, -0.05) is 11.6 Å². The van der Waals surface area contributed by atoms with Crippen LogP contribution in [0.5, 0.6) is 0 Å². The second-order valence-electron chi connectivity index (χ2n) is 5.12. The lowest BCUT2D eigenvalue weighted by Crippen LogP contribution is -3.00. The van der Waals surface area contributed by atoms with Crippen molar-refractivity contribution in [1.29, 1.82) is 0 Å². The maximum Gasteiger partial charge on any atom is 0.168 e. The minimum absolute atomic E-state index is 0. The topological polar surface area (TPSA) is 72.4 Å². The Bertz CT molecular complexity index is 825. The molecule has 0 atom stereocenters. The van der Waals surface area contributed by atoms with E-state index < -0.39 is 0 Å². The number of nitrogens with zero attached hydrogens (tertiary/aromatic N) is 5. The van der Waals surface area contributed by atoms with Crippen molar-refractivity contribution < 1.29 is 17.0 Å². The Labute approximate surface area is 151 Å². The zero-order valence-electron chi connectivity index (χ0n) is 13.0. The number of halogens is 2. The molecule has 2 N–H and O–H groups in total. The lowest BCUT2D eigenvalue weighted by atomic mass is 10.3. The molecular weight excluding hydrogens is 347 g/mol. The average Bonchev–Trinajstić information content (AvgIpc) is 2.90. The predicted octanol–water partition coefficient (Wildman–Crippen LogP) is 0.411. The summed E-state index contributed by atoms with van der Waals surface area (Å²) in [5.41, 5.74) is 8.45. The molecule has 0 amide bonds. The SMILES string of the molecule is C[n+]1ccc(Cn2ncc(N=Nc3ccc(Cl)cc3)c2N)cc1.[Cl-]. The Morgan fingerprint density at radius 1 is 1.12 bits per heavy atom. The van der Waals surface area contributed by atoms with Gasteiger partial charge >= 0.3 is 0 Å². The van der Waals surface area contributed by atoms with Crippen molar-refractivity contribution in [3.8, 4) is 0 Å². The molecule has 3 aromatic rings. The highest BCUT2D eigenvalue weighted by atomic mass is 35.5. The Hall–Kier alpha value is -2.44. The monoisotopic (exact) mass is 362 g/mol. The van der Waals surface area contributed by atoms with Gasteiger partial charge in [-0.15, -0.1) is 5.11 Å². The summed E-state index contributed by atoms with van der Waals surface area (Å²) in [5, 5.41) is 13.2. The van der Waals surface area contributed by atoms with Crippen LogP contribution in [0.25, 0.3) is 0 Å². The maximum atomic E-state index is 6.09. The quantitative estimate of drug-likeness (QED) is 0.539. The highest BCUT2D eigenvalue weighted by Gasteiger charge is 2.08. The van der Waals surface area contributed by atoms with Crippen molar-refractivity contribution in [3.63, 3.8) is 0 Å². The molecular formula is C16H16Cl2N6. The lowest BCUT2D eigenvalue weighted by molar-refractivity contribution is -0.671. The first-order valence-electron chi connectivity index (χ1n) is 7.04. The standard InChI is InChI=1S/C16H16ClN6.ClH/c1-22-8-6-12(7-9-22)11-23-16(18)15(10-19-23)21-20-14-4-2-13(17)3-5-14;/h2-10H,11,18H2,1H3;1H/q+1;/p-1. The molecule has 6 nitrogen and oxygen atoms in total. The molecule has 0 saturated carbocycles.